The average Bonchev–Trinajstić information content (AvgIpc) is 2.80. The first-order valence-corrected chi connectivity index (χ1v) is 10.1. The molecule has 126 valence electrons. The molecule has 1 aliphatic carbocycles. The van der Waals surface area contributed by atoms with Crippen LogP contribution in [0.1, 0.15) is 57.1 Å². The molecule has 22 heavy (non-hydrogen) atoms. The van der Waals surface area contributed by atoms with E-state index < -0.39 is 10.0 Å². The Labute approximate surface area is 135 Å². The van der Waals surface area contributed by atoms with Gasteiger partial charge in [-0.15, -0.1) is 0 Å². The molecule has 0 heterocycles. The summed E-state index contributed by atoms with van der Waals surface area (Å²) in [5.41, 5.74) is 3.30. The SMILES string of the molecule is CC1CCc2ccc(NS(C)(=O)=O)cc21.CCCNCCC. The third kappa shape index (κ3) is 6.79. The zero-order valence-corrected chi connectivity index (χ0v) is 15.1. The quantitative estimate of drug-likeness (QED) is 0.787. The van der Waals surface area contributed by atoms with Crippen LogP contribution in [0.15, 0.2) is 18.2 Å². The molecule has 0 amide bonds. The Bertz CT molecular complexity index is 552. The number of sulfonamides is 1. The van der Waals surface area contributed by atoms with Gasteiger partial charge in [0.1, 0.15) is 0 Å². The number of benzene rings is 1. The van der Waals surface area contributed by atoms with Crippen LogP contribution in [0.4, 0.5) is 5.69 Å². The van der Waals surface area contributed by atoms with E-state index in [1.807, 2.05) is 18.2 Å². The maximum Gasteiger partial charge on any atom is 0.229 e. The van der Waals surface area contributed by atoms with E-state index in [4.69, 9.17) is 0 Å². The van der Waals surface area contributed by atoms with Crippen LogP contribution >= 0.6 is 0 Å². The Morgan fingerprint density at radius 2 is 1.82 bits per heavy atom. The van der Waals surface area contributed by atoms with Gasteiger partial charge in [-0.05, 0) is 68.0 Å². The van der Waals surface area contributed by atoms with Gasteiger partial charge in [0.2, 0.25) is 10.0 Å². The Morgan fingerprint density at radius 1 is 1.18 bits per heavy atom. The van der Waals surface area contributed by atoms with Crippen molar-refractivity contribution in [2.24, 2.45) is 0 Å². The molecule has 0 spiro atoms. The van der Waals surface area contributed by atoms with Crippen molar-refractivity contribution >= 4 is 15.7 Å². The third-order valence-corrected chi connectivity index (χ3v) is 4.29. The lowest BCUT2D eigenvalue weighted by Crippen LogP contribution is -2.14. The van der Waals surface area contributed by atoms with Crippen molar-refractivity contribution in [1.82, 2.24) is 5.32 Å². The molecule has 1 aromatic carbocycles. The fourth-order valence-electron chi connectivity index (χ4n) is 2.56. The van der Waals surface area contributed by atoms with Gasteiger partial charge in [0, 0.05) is 5.69 Å². The fraction of sp³-hybridized carbons (Fsp3) is 0.647. The average molecular weight is 327 g/mol. The summed E-state index contributed by atoms with van der Waals surface area (Å²) in [5, 5.41) is 3.28. The minimum Gasteiger partial charge on any atom is -0.317 e. The number of nitrogens with one attached hydrogen (secondary N) is 2. The van der Waals surface area contributed by atoms with E-state index in [-0.39, 0.29) is 0 Å². The molecule has 0 saturated carbocycles. The molecule has 1 atom stereocenters. The first kappa shape index (κ1) is 19.0. The highest BCUT2D eigenvalue weighted by Crippen LogP contribution is 2.34. The molecule has 0 saturated heterocycles. The van der Waals surface area contributed by atoms with Crippen LogP contribution in [0.5, 0.6) is 0 Å². The van der Waals surface area contributed by atoms with Crippen molar-refractivity contribution in [3.05, 3.63) is 29.3 Å². The highest BCUT2D eigenvalue weighted by molar-refractivity contribution is 7.92. The summed E-state index contributed by atoms with van der Waals surface area (Å²) in [4.78, 5) is 0. The van der Waals surface area contributed by atoms with Gasteiger partial charge in [0.05, 0.1) is 6.26 Å². The van der Waals surface area contributed by atoms with Gasteiger partial charge < -0.3 is 5.32 Å². The first-order chi connectivity index (χ1) is 10.4. The Morgan fingerprint density at radius 3 is 2.36 bits per heavy atom. The number of hydrogen-bond donors (Lipinski definition) is 2. The van der Waals surface area contributed by atoms with Gasteiger partial charge in [0.25, 0.3) is 0 Å². The van der Waals surface area contributed by atoms with Crippen LogP contribution in [-0.2, 0) is 16.4 Å². The molecule has 0 radical (unpaired) electrons. The summed E-state index contributed by atoms with van der Waals surface area (Å²) in [6, 6.07) is 5.80. The van der Waals surface area contributed by atoms with Crippen molar-refractivity contribution in [3.63, 3.8) is 0 Å². The number of rotatable bonds is 6. The smallest absolute Gasteiger partial charge is 0.229 e. The van der Waals surface area contributed by atoms with E-state index in [9.17, 15) is 8.42 Å². The second kappa shape index (κ2) is 9.16. The van der Waals surface area contributed by atoms with Gasteiger partial charge in [-0.1, -0.05) is 26.8 Å². The molecular weight excluding hydrogens is 296 g/mol. The minimum absolute atomic E-state index is 0.543. The zero-order valence-electron chi connectivity index (χ0n) is 14.3. The normalized spacial score (nSPS) is 16.6. The predicted octanol–water partition coefficient (Wildman–Crippen LogP) is 3.50. The van der Waals surface area contributed by atoms with Gasteiger partial charge in [0.15, 0.2) is 0 Å². The van der Waals surface area contributed by atoms with E-state index in [1.165, 1.54) is 43.3 Å². The van der Waals surface area contributed by atoms with Crippen molar-refractivity contribution < 1.29 is 8.42 Å². The Hall–Kier alpha value is -1.07. The lowest BCUT2D eigenvalue weighted by Gasteiger charge is -2.08. The molecule has 4 nitrogen and oxygen atoms in total. The highest BCUT2D eigenvalue weighted by Gasteiger charge is 2.18. The first-order valence-electron chi connectivity index (χ1n) is 8.18. The van der Waals surface area contributed by atoms with Crippen LogP contribution in [0.2, 0.25) is 0 Å². The third-order valence-electron chi connectivity index (χ3n) is 3.68. The molecule has 2 rings (SSSR count). The summed E-state index contributed by atoms with van der Waals surface area (Å²) >= 11 is 0. The van der Waals surface area contributed by atoms with Gasteiger partial charge in [-0.25, -0.2) is 8.42 Å². The lowest BCUT2D eigenvalue weighted by atomic mass is 10.0. The van der Waals surface area contributed by atoms with Crippen LogP contribution in [0, 0.1) is 0 Å². The predicted molar refractivity (Wildman–Crippen MR) is 95.1 cm³/mol. The number of aryl methyl sites for hydroxylation is 1. The zero-order chi connectivity index (χ0) is 16.6. The summed E-state index contributed by atoms with van der Waals surface area (Å²) in [6.45, 7) is 8.89. The highest BCUT2D eigenvalue weighted by atomic mass is 32.2. The van der Waals surface area contributed by atoms with E-state index in [0.29, 0.717) is 11.6 Å². The maximum absolute atomic E-state index is 11.1. The van der Waals surface area contributed by atoms with Crippen molar-refractivity contribution in [1.29, 1.82) is 0 Å². The summed E-state index contributed by atoms with van der Waals surface area (Å²) in [5.74, 6) is 0.543. The van der Waals surface area contributed by atoms with Crippen LogP contribution in [0.25, 0.3) is 0 Å². The molecule has 2 N–H and O–H groups in total. The molecule has 0 aliphatic heterocycles. The molecule has 1 aromatic rings. The Balaban J connectivity index is 0.000000295. The van der Waals surface area contributed by atoms with Gasteiger partial charge in [-0.3, -0.25) is 4.72 Å². The fourth-order valence-corrected chi connectivity index (χ4v) is 3.12. The topological polar surface area (TPSA) is 58.2 Å². The molecule has 0 fully saturated rings. The van der Waals surface area contributed by atoms with Crippen LogP contribution in [-0.4, -0.2) is 27.8 Å². The lowest BCUT2D eigenvalue weighted by molar-refractivity contribution is 0.607. The van der Waals surface area contributed by atoms with E-state index in [1.54, 1.807) is 0 Å². The summed E-state index contributed by atoms with van der Waals surface area (Å²) < 4.78 is 24.6. The van der Waals surface area contributed by atoms with E-state index in [2.05, 4.69) is 30.8 Å². The molecule has 0 bridgehead atoms. The maximum atomic E-state index is 11.1. The second-order valence-corrected chi connectivity index (χ2v) is 7.73. The van der Waals surface area contributed by atoms with Crippen molar-refractivity contribution in [2.75, 3.05) is 24.1 Å². The van der Waals surface area contributed by atoms with E-state index in [0.717, 1.165) is 12.8 Å². The van der Waals surface area contributed by atoms with Crippen LogP contribution < -0.4 is 10.0 Å². The monoisotopic (exact) mass is 326 g/mol. The van der Waals surface area contributed by atoms with Crippen molar-refractivity contribution in [3.8, 4) is 0 Å². The second-order valence-electron chi connectivity index (χ2n) is 5.98. The van der Waals surface area contributed by atoms with E-state index >= 15 is 0 Å². The number of hydrogen-bond acceptors (Lipinski definition) is 3. The Kier molecular flexibility index (Phi) is 7.90. The number of fused-ring (bicyclic) bond motifs is 1. The summed E-state index contributed by atoms with van der Waals surface area (Å²) in [6.07, 6.45) is 5.94. The summed E-state index contributed by atoms with van der Waals surface area (Å²) in [7, 11) is -3.16. The minimum atomic E-state index is -3.16. The van der Waals surface area contributed by atoms with Crippen molar-refractivity contribution in [2.45, 2.75) is 52.4 Å². The molecule has 0 aromatic heterocycles. The van der Waals surface area contributed by atoms with Gasteiger partial charge in [-0.2, -0.15) is 0 Å². The van der Waals surface area contributed by atoms with Crippen LogP contribution in [0.3, 0.4) is 0 Å². The molecule has 5 heteroatoms. The standard InChI is InChI=1S/C11H15NO2S.C6H15N/c1-8-3-4-9-5-6-10(7-11(8)9)12-15(2,13)14;1-3-5-7-6-4-2/h5-8,12H,3-4H2,1-2H3;7H,3-6H2,1-2H3. The largest absolute Gasteiger partial charge is 0.317 e. The number of anilines is 1. The molecule has 1 aliphatic rings. The van der Waals surface area contributed by atoms with Gasteiger partial charge >= 0.3 is 0 Å². The molecule has 1 unspecified atom stereocenters. The molecular formula is C17H30N2O2S.